The van der Waals surface area contributed by atoms with Crippen LogP contribution in [-0.2, 0) is 0 Å². The van der Waals surface area contributed by atoms with Gasteiger partial charge in [0.25, 0.3) is 5.56 Å². The molecule has 0 radical (unpaired) electrons. The zero-order chi connectivity index (χ0) is 12.4. The highest BCUT2D eigenvalue weighted by molar-refractivity contribution is 5.31. The van der Waals surface area contributed by atoms with E-state index in [-0.39, 0.29) is 5.56 Å². The molecule has 1 saturated carbocycles. The molecule has 1 aromatic heterocycles. The van der Waals surface area contributed by atoms with Crippen molar-refractivity contribution in [2.45, 2.75) is 31.8 Å². The van der Waals surface area contributed by atoms with Gasteiger partial charge in [0.05, 0.1) is 0 Å². The Morgan fingerprint density at radius 2 is 2.29 bits per heavy atom. The highest BCUT2D eigenvalue weighted by Crippen LogP contribution is 2.33. The fourth-order valence-corrected chi connectivity index (χ4v) is 1.61. The van der Waals surface area contributed by atoms with Gasteiger partial charge in [-0.25, -0.2) is 4.98 Å². The first-order valence-corrected chi connectivity index (χ1v) is 6.07. The highest BCUT2D eigenvalue weighted by Gasteiger charge is 2.25. The number of hydrogen-bond donors (Lipinski definition) is 1. The summed E-state index contributed by atoms with van der Waals surface area (Å²) >= 11 is 0. The van der Waals surface area contributed by atoms with Crippen molar-refractivity contribution in [1.82, 2.24) is 14.5 Å². The third-order valence-corrected chi connectivity index (χ3v) is 3.25. The smallest absolute Gasteiger partial charge is 0.293 e. The largest absolute Gasteiger partial charge is 0.364 e. The van der Waals surface area contributed by atoms with Gasteiger partial charge in [0.1, 0.15) is 0 Å². The van der Waals surface area contributed by atoms with Crippen LogP contribution in [0.2, 0.25) is 0 Å². The summed E-state index contributed by atoms with van der Waals surface area (Å²) in [5, 5.41) is 3.13. The number of anilines is 1. The minimum atomic E-state index is 0.000885. The summed E-state index contributed by atoms with van der Waals surface area (Å²) in [7, 11) is 4.04. The molecule has 1 aliphatic rings. The Kier molecular flexibility index (Phi) is 3.47. The molecule has 17 heavy (non-hydrogen) atoms. The monoisotopic (exact) mass is 236 g/mol. The van der Waals surface area contributed by atoms with E-state index < -0.39 is 0 Å². The van der Waals surface area contributed by atoms with Gasteiger partial charge in [0, 0.05) is 31.0 Å². The number of nitrogens with zero attached hydrogens (tertiary/aromatic N) is 3. The van der Waals surface area contributed by atoms with Crippen LogP contribution in [0.4, 0.5) is 5.82 Å². The summed E-state index contributed by atoms with van der Waals surface area (Å²) in [4.78, 5) is 18.3. The molecule has 0 saturated heterocycles. The number of hydrogen-bond acceptors (Lipinski definition) is 4. The number of nitrogens with one attached hydrogen (secondary N) is 1. The van der Waals surface area contributed by atoms with E-state index in [0.29, 0.717) is 17.9 Å². The third-order valence-electron chi connectivity index (χ3n) is 3.25. The quantitative estimate of drug-likeness (QED) is 0.826. The van der Waals surface area contributed by atoms with Crippen LogP contribution >= 0.6 is 0 Å². The number of rotatable bonds is 5. The van der Waals surface area contributed by atoms with Crippen molar-refractivity contribution >= 4 is 5.82 Å². The van der Waals surface area contributed by atoms with Gasteiger partial charge < -0.3 is 14.8 Å². The molecule has 1 N–H and O–H groups in total. The van der Waals surface area contributed by atoms with Crippen molar-refractivity contribution in [3.63, 3.8) is 0 Å². The Morgan fingerprint density at radius 1 is 1.59 bits per heavy atom. The van der Waals surface area contributed by atoms with Gasteiger partial charge in [0.15, 0.2) is 5.82 Å². The van der Waals surface area contributed by atoms with E-state index in [9.17, 15) is 4.79 Å². The molecule has 1 aliphatic carbocycles. The van der Waals surface area contributed by atoms with E-state index in [1.165, 1.54) is 0 Å². The van der Waals surface area contributed by atoms with Gasteiger partial charge in [0.2, 0.25) is 0 Å². The Bertz CT molecular complexity index is 436. The summed E-state index contributed by atoms with van der Waals surface area (Å²) in [6, 6.07) is 0.767. The molecule has 5 nitrogen and oxygen atoms in total. The normalized spacial score (nSPS) is 17.2. The Balaban J connectivity index is 2.06. The van der Waals surface area contributed by atoms with Crippen LogP contribution in [0.3, 0.4) is 0 Å². The molecule has 2 rings (SSSR count). The van der Waals surface area contributed by atoms with Gasteiger partial charge in [-0.3, -0.25) is 4.79 Å². The average molecular weight is 236 g/mol. The predicted octanol–water partition coefficient (Wildman–Crippen LogP) is 0.940. The van der Waals surface area contributed by atoms with E-state index >= 15 is 0 Å². The Morgan fingerprint density at radius 3 is 2.88 bits per heavy atom. The molecule has 1 unspecified atom stereocenters. The van der Waals surface area contributed by atoms with Crippen molar-refractivity contribution in [2.24, 2.45) is 0 Å². The van der Waals surface area contributed by atoms with Gasteiger partial charge in [-0.05, 0) is 33.9 Å². The second-order valence-electron chi connectivity index (χ2n) is 4.91. The molecule has 1 fully saturated rings. The molecule has 0 spiro atoms. The minimum Gasteiger partial charge on any atom is -0.364 e. The first-order valence-electron chi connectivity index (χ1n) is 6.07. The Hall–Kier alpha value is -1.36. The van der Waals surface area contributed by atoms with Crippen LogP contribution < -0.4 is 10.9 Å². The van der Waals surface area contributed by atoms with E-state index in [2.05, 4.69) is 22.1 Å². The molecule has 0 bridgehead atoms. The molecule has 1 atom stereocenters. The van der Waals surface area contributed by atoms with Crippen molar-refractivity contribution in [3.8, 4) is 0 Å². The van der Waals surface area contributed by atoms with Crippen LogP contribution in [-0.4, -0.2) is 41.1 Å². The molecular formula is C12H20N4O. The van der Waals surface area contributed by atoms with Gasteiger partial charge >= 0.3 is 0 Å². The average Bonchev–Trinajstić information content (AvgIpc) is 3.11. The topological polar surface area (TPSA) is 50.2 Å². The molecule has 1 aromatic rings. The van der Waals surface area contributed by atoms with Crippen molar-refractivity contribution in [3.05, 3.63) is 22.7 Å². The lowest BCUT2D eigenvalue weighted by molar-refractivity contribution is 0.326. The van der Waals surface area contributed by atoms with E-state index in [0.717, 1.165) is 19.4 Å². The SMILES string of the molecule is CC(CNc1nccn(C2CC2)c1=O)N(C)C. The maximum Gasteiger partial charge on any atom is 0.293 e. The first kappa shape index (κ1) is 12.1. The number of aromatic nitrogens is 2. The van der Waals surface area contributed by atoms with Crippen molar-refractivity contribution in [1.29, 1.82) is 0 Å². The van der Waals surface area contributed by atoms with Crippen molar-refractivity contribution < 1.29 is 0 Å². The summed E-state index contributed by atoms with van der Waals surface area (Å²) in [6.07, 6.45) is 5.69. The minimum absolute atomic E-state index is 0.000885. The van der Waals surface area contributed by atoms with E-state index in [4.69, 9.17) is 0 Å². The second-order valence-corrected chi connectivity index (χ2v) is 4.91. The summed E-state index contributed by atoms with van der Waals surface area (Å²) in [5.74, 6) is 0.466. The molecule has 0 aromatic carbocycles. The lowest BCUT2D eigenvalue weighted by Crippen LogP contribution is -2.34. The van der Waals surface area contributed by atoms with E-state index in [1.807, 2.05) is 14.1 Å². The first-order chi connectivity index (χ1) is 8.09. The molecule has 0 aliphatic heterocycles. The molecule has 1 heterocycles. The van der Waals surface area contributed by atoms with Crippen LogP contribution in [0, 0.1) is 0 Å². The van der Waals surface area contributed by atoms with Crippen LogP contribution in [0.5, 0.6) is 0 Å². The number of likely N-dealkylation sites (N-methyl/N-ethyl adjacent to an activating group) is 1. The highest BCUT2D eigenvalue weighted by atomic mass is 16.1. The standard InChI is InChI=1S/C12H20N4O/c1-9(15(2)3)8-14-11-12(17)16(7-6-13-11)10-4-5-10/h6-7,9-10H,4-5,8H2,1-3H3,(H,13,14). The summed E-state index contributed by atoms with van der Waals surface area (Å²) in [5.41, 5.74) is 0.000885. The lowest BCUT2D eigenvalue weighted by atomic mass is 10.3. The van der Waals surface area contributed by atoms with Crippen LogP contribution in [0.15, 0.2) is 17.2 Å². The fraction of sp³-hybridized carbons (Fsp3) is 0.667. The fourth-order valence-electron chi connectivity index (χ4n) is 1.61. The molecule has 5 heteroatoms. The van der Waals surface area contributed by atoms with Crippen LogP contribution in [0.25, 0.3) is 0 Å². The lowest BCUT2D eigenvalue weighted by Gasteiger charge is -2.20. The maximum absolute atomic E-state index is 12.1. The van der Waals surface area contributed by atoms with Crippen molar-refractivity contribution in [2.75, 3.05) is 26.0 Å². The van der Waals surface area contributed by atoms with Gasteiger partial charge in [-0.2, -0.15) is 0 Å². The second kappa shape index (κ2) is 4.87. The zero-order valence-electron chi connectivity index (χ0n) is 10.7. The molecule has 94 valence electrons. The summed E-state index contributed by atoms with van der Waals surface area (Å²) < 4.78 is 1.79. The third kappa shape index (κ3) is 2.85. The molecular weight excluding hydrogens is 216 g/mol. The van der Waals surface area contributed by atoms with Crippen LogP contribution in [0.1, 0.15) is 25.8 Å². The Labute approximate surface area is 101 Å². The summed E-state index contributed by atoms with van der Waals surface area (Å²) in [6.45, 7) is 2.83. The maximum atomic E-state index is 12.1. The molecule has 0 amide bonds. The predicted molar refractivity (Wildman–Crippen MR) is 68.4 cm³/mol. The van der Waals surface area contributed by atoms with Gasteiger partial charge in [-0.15, -0.1) is 0 Å². The zero-order valence-corrected chi connectivity index (χ0v) is 10.7. The van der Waals surface area contributed by atoms with E-state index in [1.54, 1.807) is 17.0 Å². The van der Waals surface area contributed by atoms with Gasteiger partial charge in [-0.1, -0.05) is 0 Å².